The second-order valence-electron chi connectivity index (χ2n) is 4.67. The summed E-state index contributed by atoms with van der Waals surface area (Å²) in [5, 5.41) is 18.1. The van der Waals surface area contributed by atoms with Crippen molar-refractivity contribution in [3.05, 3.63) is 0 Å². The van der Waals surface area contributed by atoms with Crippen LogP contribution in [0.1, 0.15) is 45.4 Å². The van der Waals surface area contributed by atoms with E-state index in [1.54, 1.807) is 0 Å². The molecule has 0 aromatic rings. The van der Waals surface area contributed by atoms with Gasteiger partial charge in [-0.2, -0.15) is 0 Å². The maximum atomic E-state index is 11.3. The maximum absolute atomic E-state index is 11.3. The Morgan fingerprint density at radius 1 is 1.28 bits per heavy atom. The van der Waals surface area contributed by atoms with Gasteiger partial charge in [0.05, 0.1) is 12.5 Å². The first-order valence-corrected chi connectivity index (χ1v) is 6.28. The minimum atomic E-state index is -1.38. The van der Waals surface area contributed by atoms with Gasteiger partial charge in [0.2, 0.25) is 0 Å². The Morgan fingerprint density at radius 2 is 1.89 bits per heavy atom. The average molecular weight is 260 g/mol. The molecule has 0 unspecified atom stereocenters. The number of carbonyl (C=O) groups is 2. The molecule has 0 heterocycles. The topological polar surface area (TPSA) is 93.1 Å². The van der Waals surface area contributed by atoms with E-state index in [2.05, 4.69) is 0 Å². The second kappa shape index (κ2) is 6.70. The highest BCUT2D eigenvalue weighted by molar-refractivity contribution is 5.78. The number of hydrogen-bond donors (Lipinski definition) is 2. The zero-order chi connectivity index (χ0) is 13.6. The van der Waals surface area contributed by atoms with Crippen molar-refractivity contribution in [1.82, 2.24) is 0 Å². The number of rotatable bonds is 7. The number of hydrogen-bond acceptors (Lipinski definition) is 4. The van der Waals surface area contributed by atoms with Crippen LogP contribution < -0.4 is 0 Å². The van der Waals surface area contributed by atoms with Crippen molar-refractivity contribution in [3.8, 4) is 0 Å². The Kier molecular flexibility index (Phi) is 5.55. The molecule has 0 spiro atoms. The fraction of sp³-hybridized carbons (Fsp3) is 0.833. The van der Waals surface area contributed by atoms with Gasteiger partial charge in [0.25, 0.3) is 0 Å². The lowest BCUT2D eigenvalue weighted by Crippen LogP contribution is -2.45. The third-order valence-corrected chi connectivity index (χ3v) is 3.33. The van der Waals surface area contributed by atoms with E-state index in [0.717, 1.165) is 12.8 Å². The summed E-state index contributed by atoms with van der Waals surface area (Å²) in [5.74, 6) is -2.43. The number of carboxylic acids is 2. The highest BCUT2D eigenvalue weighted by atomic mass is 17.2. The molecule has 1 aliphatic carbocycles. The van der Waals surface area contributed by atoms with Crippen molar-refractivity contribution in [2.75, 3.05) is 6.61 Å². The molecule has 0 radical (unpaired) electrons. The van der Waals surface area contributed by atoms with Crippen molar-refractivity contribution in [1.29, 1.82) is 0 Å². The summed E-state index contributed by atoms with van der Waals surface area (Å²) in [5.41, 5.74) is -1.38. The molecule has 2 N–H and O–H groups in total. The molecule has 0 aromatic heterocycles. The van der Waals surface area contributed by atoms with Crippen molar-refractivity contribution < 1.29 is 29.6 Å². The molecule has 104 valence electrons. The van der Waals surface area contributed by atoms with E-state index in [1.807, 2.05) is 6.92 Å². The van der Waals surface area contributed by atoms with Crippen LogP contribution in [0.3, 0.4) is 0 Å². The largest absolute Gasteiger partial charge is 0.481 e. The summed E-state index contributed by atoms with van der Waals surface area (Å²) in [6.45, 7) is 2.35. The van der Waals surface area contributed by atoms with Crippen LogP contribution in [0.15, 0.2) is 0 Å². The smallest absolute Gasteiger partial charge is 0.339 e. The fourth-order valence-corrected chi connectivity index (χ4v) is 2.02. The third-order valence-electron chi connectivity index (χ3n) is 3.33. The summed E-state index contributed by atoms with van der Waals surface area (Å²) in [4.78, 5) is 32.1. The van der Waals surface area contributed by atoms with E-state index in [4.69, 9.17) is 14.9 Å². The van der Waals surface area contributed by atoms with Gasteiger partial charge in [-0.05, 0) is 32.1 Å². The highest BCUT2D eigenvalue weighted by Gasteiger charge is 2.46. The molecule has 1 rings (SSSR count). The lowest BCUT2D eigenvalue weighted by Gasteiger charge is -2.33. The molecule has 0 amide bonds. The third kappa shape index (κ3) is 3.68. The van der Waals surface area contributed by atoms with E-state index in [1.165, 1.54) is 0 Å². The molecular weight excluding hydrogens is 240 g/mol. The molecule has 0 saturated heterocycles. The van der Waals surface area contributed by atoms with Crippen molar-refractivity contribution in [2.45, 2.75) is 51.0 Å². The van der Waals surface area contributed by atoms with E-state index in [9.17, 15) is 14.7 Å². The van der Waals surface area contributed by atoms with E-state index >= 15 is 0 Å². The predicted molar refractivity (Wildman–Crippen MR) is 61.9 cm³/mol. The van der Waals surface area contributed by atoms with Gasteiger partial charge in [0, 0.05) is 0 Å². The minimum Gasteiger partial charge on any atom is -0.481 e. The van der Waals surface area contributed by atoms with Gasteiger partial charge in [-0.15, -0.1) is 0 Å². The van der Waals surface area contributed by atoms with Gasteiger partial charge in [-0.3, -0.25) is 4.79 Å². The lowest BCUT2D eigenvalue weighted by molar-refractivity contribution is -0.360. The summed E-state index contributed by atoms with van der Waals surface area (Å²) >= 11 is 0. The Balaban J connectivity index is 2.51. The van der Waals surface area contributed by atoms with Crippen LogP contribution in [0.5, 0.6) is 0 Å². The fourth-order valence-electron chi connectivity index (χ4n) is 2.02. The maximum Gasteiger partial charge on any atom is 0.339 e. The normalized spacial score (nSPS) is 27.9. The van der Waals surface area contributed by atoms with Crippen LogP contribution in [-0.2, 0) is 19.4 Å². The number of aliphatic carboxylic acids is 2. The van der Waals surface area contributed by atoms with Crippen LogP contribution in [-0.4, -0.2) is 34.4 Å². The van der Waals surface area contributed by atoms with Crippen LogP contribution >= 0.6 is 0 Å². The molecule has 1 aliphatic rings. The molecule has 1 fully saturated rings. The molecule has 0 bridgehead atoms. The molecular formula is C12H20O6. The van der Waals surface area contributed by atoms with Crippen molar-refractivity contribution in [2.24, 2.45) is 5.92 Å². The SMILES string of the molecule is CCCCOOC1(C(=O)O)CCC(C(=O)O)CC1. The molecule has 0 aliphatic heterocycles. The van der Waals surface area contributed by atoms with Crippen LogP contribution in [0.2, 0.25) is 0 Å². The molecule has 6 nitrogen and oxygen atoms in total. The zero-order valence-electron chi connectivity index (χ0n) is 10.6. The summed E-state index contributed by atoms with van der Waals surface area (Å²) in [7, 11) is 0. The van der Waals surface area contributed by atoms with Gasteiger partial charge < -0.3 is 10.2 Å². The van der Waals surface area contributed by atoms with Gasteiger partial charge >= 0.3 is 11.9 Å². The van der Waals surface area contributed by atoms with Gasteiger partial charge in [0.15, 0.2) is 5.60 Å². The van der Waals surface area contributed by atoms with Crippen molar-refractivity contribution >= 4 is 11.9 Å². The molecule has 0 aromatic carbocycles. The monoisotopic (exact) mass is 260 g/mol. The molecule has 1 saturated carbocycles. The lowest BCUT2D eigenvalue weighted by atomic mass is 9.79. The summed E-state index contributed by atoms with van der Waals surface area (Å²) in [6, 6.07) is 0. The first kappa shape index (κ1) is 14.9. The van der Waals surface area contributed by atoms with Crippen LogP contribution in [0.4, 0.5) is 0 Å². The Hall–Kier alpha value is -1.14. The molecule has 18 heavy (non-hydrogen) atoms. The molecule has 6 heteroatoms. The standard InChI is InChI=1S/C12H20O6/c1-2-3-8-17-18-12(11(15)16)6-4-9(5-7-12)10(13)14/h9H,2-8H2,1H3,(H,13,14)(H,15,16). The first-order valence-electron chi connectivity index (χ1n) is 6.28. The quantitative estimate of drug-likeness (QED) is 0.412. The zero-order valence-corrected chi connectivity index (χ0v) is 10.6. The van der Waals surface area contributed by atoms with E-state index in [0.29, 0.717) is 19.4 Å². The Bertz CT molecular complexity index is 293. The first-order chi connectivity index (χ1) is 8.52. The Morgan fingerprint density at radius 3 is 2.33 bits per heavy atom. The van der Waals surface area contributed by atoms with Crippen LogP contribution in [0, 0.1) is 5.92 Å². The predicted octanol–water partition coefficient (Wildman–Crippen LogP) is 1.83. The molecule has 0 atom stereocenters. The average Bonchev–Trinajstić information content (AvgIpc) is 2.35. The summed E-state index contributed by atoms with van der Waals surface area (Å²) < 4.78 is 0. The minimum absolute atomic E-state index is 0.172. The van der Waals surface area contributed by atoms with Gasteiger partial charge in [-0.1, -0.05) is 13.3 Å². The second-order valence-corrected chi connectivity index (χ2v) is 4.67. The van der Waals surface area contributed by atoms with Crippen LogP contribution in [0.25, 0.3) is 0 Å². The van der Waals surface area contributed by atoms with Gasteiger partial charge in [0.1, 0.15) is 0 Å². The van der Waals surface area contributed by atoms with Crippen molar-refractivity contribution in [3.63, 3.8) is 0 Å². The number of carboxylic acid groups (broad SMARTS) is 2. The van der Waals surface area contributed by atoms with Gasteiger partial charge in [-0.25, -0.2) is 14.6 Å². The summed E-state index contributed by atoms with van der Waals surface area (Å²) in [6.07, 6.45) is 2.69. The number of unbranched alkanes of at least 4 members (excludes halogenated alkanes) is 1. The Labute approximate surface area is 106 Å². The highest BCUT2D eigenvalue weighted by Crippen LogP contribution is 2.35. The van der Waals surface area contributed by atoms with E-state index < -0.39 is 23.5 Å². The van der Waals surface area contributed by atoms with E-state index in [-0.39, 0.29) is 12.8 Å².